The largest absolute Gasteiger partial charge is 0.323 e. The van der Waals surface area contributed by atoms with Crippen molar-refractivity contribution in [1.29, 1.82) is 0 Å². The zero-order chi connectivity index (χ0) is 7.56. The molecule has 1 aliphatic rings. The summed E-state index contributed by atoms with van der Waals surface area (Å²) in [4.78, 5) is 14.9. The fraction of sp³-hybridized carbons (Fsp3) is 0.857. The highest BCUT2D eigenvalue weighted by Crippen LogP contribution is 2.06. The maximum Gasteiger partial charge on any atom is 0.320 e. The molecule has 1 fully saturated rings. The molecule has 1 aliphatic heterocycles. The summed E-state index contributed by atoms with van der Waals surface area (Å²) >= 11 is 0. The van der Waals surface area contributed by atoms with Crippen molar-refractivity contribution in [2.45, 2.75) is 13.8 Å². The van der Waals surface area contributed by atoms with Gasteiger partial charge in [0.05, 0.1) is 0 Å². The summed E-state index contributed by atoms with van der Waals surface area (Å²) in [6, 6.07) is 0.199. The van der Waals surface area contributed by atoms with E-state index in [2.05, 4.69) is 0 Å². The molecule has 0 atom stereocenters. The Hall–Kier alpha value is -0.730. The highest BCUT2D eigenvalue weighted by Gasteiger charge is 2.24. The molecule has 1 heterocycles. The predicted molar refractivity (Wildman–Crippen MR) is 39.9 cm³/mol. The van der Waals surface area contributed by atoms with Crippen molar-refractivity contribution >= 4 is 6.03 Å². The molecule has 0 saturated carbocycles. The van der Waals surface area contributed by atoms with Crippen LogP contribution in [0, 0.1) is 0 Å². The molecule has 0 N–H and O–H groups in total. The fourth-order valence-electron chi connectivity index (χ4n) is 1.22. The third kappa shape index (κ3) is 1.08. The molecule has 3 heteroatoms. The van der Waals surface area contributed by atoms with E-state index in [-0.39, 0.29) is 6.03 Å². The van der Waals surface area contributed by atoms with Crippen molar-refractivity contribution in [3.05, 3.63) is 0 Å². The van der Waals surface area contributed by atoms with Crippen LogP contribution in [-0.2, 0) is 0 Å². The summed E-state index contributed by atoms with van der Waals surface area (Å²) in [5.41, 5.74) is 0. The van der Waals surface area contributed by atoms with Gasteiger partial charge >= 0.3 is 6.03 Å². The summed E-state index contributed by atoms with van der Waals surface area (Å²) < 4.78 is 0. The second-order valence-electron chi connectivity index (χ2n) is 2.44. The van der Waals surface area contributed by atoms with Crippen molar-refractivity contribution in [3.63, 3.8) is 0 Å². The average Bonchev–Trinajstić information content (AvgIpc) is 2.30. The van der Waals surface area contributed by atoms with Gasteiger partial charge in [0.2, 0.25) is 0 Å². The second kappa shape index (κ2) is 2.90. The van der Waals surface area contributed by atoms with E-state index in [4.69, 9.17) is 0 Å². The molecule has 58 valence electrons. The van der Waals surface area contributed by atoms with E-state index in [0.29, 0.717) is 0 Å². The zero-order valence-corrected chi connectivity index (χ0v) is 6.63. The van der Waals surface area contributed by atoms with Gasteiger partial charge < -0.3 is 9.80 Å². The number of hydrogen-bond donors (Lipinski definition) is 0. The number of likely N-dealkylation sites (N-methyl/N-ethyl adjacent to an activating group) is 2. The molecule has 0 aromatic carbocycles. The Kier molecular flexibility index (Phi) is 2.14. The maximum atomic E-state index is 11.2. The SMILES string of the molecule is CCN1CCN(CC)C1=O. The van der Waals surface area contributed by atoms with Gasteiger partial charge in [-0.05, 0) is 13.8 Å². The van der Waals surface area contributed by atoms with Gasteiger partial charge in [-0.1, -0.05) is 0 Å². The van der Waals surface area contributed by atoms with Crippen LogP contribution in [0.15, 0.2) is 0 Å². The zero-order valence-electron chi connectivity index (χ0n) is 6.63. The summed E-state index contributed by atoms with van der Waals surface area (Å²) in [7, 11) is 0. The van der Waals surface area contributed by atoms with Crippen LogP contribution in [-0.4, -0.2) is 42.0 Å². The number of carbonyl (C=O) groups excluding carboxylic acids is 1. The van der Waals surface area contributed by atoms with Crippen molar-refractivity contribution in [2.75, 3.05) is 26.2 Å². The smallest absolute Gasteiger partial charge is 0.320 e. The van der Waals surface area contributed by atoms with E-state index in [0.717, 1.165) is 26.2 Å². The van der Waals surface area contributed by atoms with Crippen molar-refractivity contribution < 1.29 is 4.79 Å². The number of amides is 2. The first-order valence-corrected chi connectivity index (χ1v) is 3.83. The van der Waals surface area contributed by atoms with Crippen LogP contribution in [0.3, 0.4) is 0 Å². The standard InChI is InChI=1S/C7H14N2O/c1-3-8-5-6-9(4-2)7(8)10/h3-6H2,1-2H3. The third-order valence-electron chi connectivity index (χ3n) is 1.94. The van der Waals surface area contributed by atoms with Crippen LogP contribution in [0.1, 0.15) is 13.8 Å². The first-order chi connectivity index (χ1) is 4.79. The van der Waals surface area contributed by atoms with Crippen LogP contribution in [0.4, 0.5) is 4.79 Å². The number of rotatable bonds is 2. The molecule has 0 unspecified atom stereocenters. The van der Waals surface area contributed by atoms with E-state index >= 15 is 0 Å². The minimum absolute atomic E-state index is 0.199. The Balaban J connectivity index is 2.49. The second-order valence-corrected chi connectivity index (χ2v) is 2.44. The quantitative estimate of drug-likeness (QED) is 0.558. The van der Waals surface area contributed by atoms with Crippen molar-refractivity contribution in [2.24, 2.45) is 0 Å². The number of carbonyl (C=O) groups is 1. The van der Waals surface area contributed by atoms with E-state index in [9.17, 15) is 4.79 Å². The monoisotopic (exact) mass is 142 g/mol. The van der Waals surface area contributed by atoms with Crippen LogP contribution in [0.2, 0.25) is 0 Å². The van der Waals surface area contributed by atoms with Gasteiger partial charge in [0, 0.05) is 26.2 Å². The normalized spacial score (nSPS) is 18.8. The van der Waals surface area contributed by atoms with Crippen LogP contribution >= 0.6 is 0 Å². The maximum absolute atomic E-state index is 11.2. The minimum atomic E-state index is 0.199. The molecule has 0 spiro atoms. The molecule has 1 rings (SSSR count). The topological polar surface area (TPSA) is 23.6 Å². The Morgan fingerprint density at radius 2 is 1.60 bits per heavy atom. The van der Waals surface area contributed by atoms with Crippen molar-refractivity contribution in [3.8, 4) is 0 Å². The van der Waals surface area contributed by atoms with Gasteiger partial charge in [0.25, 0.3) is 0 Å². The fourth-order valence-corrected chi connectivity index (χ4v) is 1.22. The molecular weight excluding hydrogens is 128 g/mol. The van der Waals surface area contributed by atoms with Gasteiger partial charge in [0.1, 0.15) is 0 Å². The first kappa shape index (κ1) is 7.38. The lowest BCUT2D eigenvalue weighted by Gasteiger charge is -2.14. The summed E-state index contributed by atoms with van der Waals surface area (Å²) in [6.45, 7) is 7.52. The van der Waals surface area contributed by atoms with E-state index in [1.54, 1.807) is 0 Å². The third-order valence-corrected chi connectivity index (χ3v) is 1.94. The van der Waals surface area contributed by atoms with E-state index < -0.39 is 0 Å². The minimum Gasteiger partial charge on any atom is -0.323 e. The lowest BCUT2D eigenvalue weighted by Crippen LogP contribution is -2.31. The number of urea groups is 1. The Labute approximate surface area is 61.6 Å². The van der Waals surface area contributed by atoms with E-state index in [1.807, 2.05) is 23.6 Å². The predicted octanol–water partition coefficient (Wildman–Crippen LogP) is 0.764. The summed E-state index contributed by atoms with van der Waals surface area (Å²) in [5.74, 6) is 0. The Morgan fingerprint density at radius 3 is 1.80 bits per heavy atom. The lowest BCUT2D eigenvalue weighted by atomic mass is 10.6. The van der Waals surface area contributed by atoms with Gasteiger partial charge in [-0.3, -0.25) is 0 Å². The molecule has 1 saturated heterocycles. The van der Waals surface area contributed by atoms with Gasteiger partial charge in [0.15, 0.2) is 0 Å². The highest BCUT2D eigenvalue weighted by atomic mass is 16.2. The molecule has 3 nitrogen and oxygen atoms in total. The molecular formula is C7H14N2O. The molecule has 0 aliphatic carbocycles. The molecule has 10 heavy (non-hydrogen) atoms. The Bertz CT molecular complexity index is 122. The Morgan fingerprint density at radius 1 is 1.20 bits per heavy atom. The molecule has 2 amide bonds. The van der Waals surface area contributed by atoms with Gasteiger partial charge in [-0.25, -0.2) is 4.79 Å². The molecule has 0 aromatic heterocycles. The first-order valence-electron chi connectivity index (χ1n) is 3.83. The summed E-state index contributed by atoms with van der Waals surface area (Å²) in [6.07, 6.45) is 0. The molecule has 0 aromatic rings. The van der Waals surface area contributed by atoms with Gasteiger partial charge in [-0.15, -0.1) is 0 Å². The molecule has 0 radical (unpaired) electrons. The molecule has 0 bridgehead atoms. The number of hydrogen-bond acceptors (Lipinski definition) is 1. The van der Waals surface area contributed by atoms with Gasteiger partial charge in [-0.2, -0.15) is 0 Å². The van der Waals surface area contributed by atoms with Crippen molar-refractivity contribution in [1.82, 2.24) is 9.80 Å². The lowest BCUT2D eigenvalue weighted by molar-refractivity contribution is 0.195. The van der Waals surface area contributed by atoms with Crippen LogP contribution in [0.5, 0.6) is 0 Å². The average molecular weight is 142 g/mol. The summed E-state index contributed by atoms with van der Waals surface area (Å²) in [5, 5.41) is 0. The van der Waals surface area contributed by atoms with E-state index in [1.165, 1.54) is 0 Å². The van der Waals surface area contributed by atoms with Crippen LogP contribution < -0.4 is 0 Å². The van der Waals surface area contributed by atoms with Crippen LogP contribution in [0.25, 0.3) is 0 Å². The highest BCUT2D eigenvalue weighted by molar-refractivity contribution is 5.76. The number of nitrogens with zero attached hydrogens (tertiary/aromatic N) is 2.